The van der Waals surface area contributed by atoms with Gasteiger partial charge in [0.2, 0.25) is 0 Å². The van der Waals surface area contributed by atoms with Crippen molar-refractivity contribution in [3.8, 4) is 6.07 Å². The molecule has 0 aliphatic carbocycles. The molecule has 1 aliphatic heterocycles. The number of fused-ring (bicyclic) bond motifs is 1. The average molecular weight is 214 g/mol. The normalized spacial score (nSPS) is 16.0. The molecule has 0 saturated heterocycles. The van der Waals surface area contributed by atoms with Gasteiger partial charge in [-0.1, -0.05) is 32.0 Å². The molecule has 1 unspecified atom stereocenters. The van der Waals surface area contributed by atoms with Gasteiger partial charge in [0.15, 0.2) is 0 Å². The van der Waals surface area contributed by atoms with E-state index in [1.807, 2.05) is 0 Å². The molecule has 2 heteroatoms. The highest BCUT2D eigenvalue weighted by Crippen LogP contribution is 2.28. The highest BCUT2D eigenvalue weighted by molar-refractivity contribution is 5.57. The Morgan fingerprint density at radius 3 is 2.81 bits per heavy atom. The van der Waals surface area contributed by atoms with Crippen LogP contribution in [-0.2, 0) is 6.42 Å². The number of hydrogen-bond donors (Lipinski definition) is 0. The molecule has 0 radical (unpaired) electrons. The van der Waals surface area contributed by atoms with Crippen LogP contribution in [0.25, 0.3) is 0 Å². The minimum Gasteiger partial charge on any atom is -0.370 e. The van der Waals surface area contributed by atoms with Crippen LogP contribution in [0.2, 0.25) is 0 Å². The molecule has 2 rings (SSSR count). The minimum atomic E-state index is 0.131. The Hall–Kier alpha value is -1.49. The molecular formula is C14H18N2. The fourth-order valence-corrected chi connectivity index (χ4v) is 2.23. The molecule has 84 valence electrons. The van der Waals surface area contributed by atoms with Crippen molar-refractivity contribution in [1.82, 2.24) is 0 Å². The van der Waals surface area contributed by atoms with E-state index in [-0.39, 0.29) is 5.92 Å². The monoisotopic (exact) mass is 214 g/mol. The quantitative estimate of drug-likeness (QED) is 0.773. The van der Waals surface area contributed by atoms with Gasteiger partial charge < -0.3 is 4.90 Å². The summed E-state index contributed by atoms with van der Waals surface area (Å²) in [5.74, 6) is 0.559. The van der Waals surface area contributed by atoms with Gasteiger partial charge in [-0.2, -0.15) is 5.26 Å². The largest absolute Gasteiger partial charge is 0.370 e. The molecule has 16 heavy (non-hydrogen) atoms. The van der Waals surface area contributed by atoms with Crippen molar-refractivity contribution in [2.45, 2.75) is 20.3 Å². The maximum Gasteiger partial charge on any atom is 0.0677 e. The molecule has 0 spiro atoms. The minimum absolute atomic E-state index is 0.131. The maximum absolute atomic E-state index is 9.13. The Morgan fingerprint density at radius 1 is 1.38 bits per heavy atom. The van der Waals surface area contributed by atoms with Crippen LogP contribution in [0.15, 0.2) is 24.3 Å². The summed E-state index contributed by atoms with van der Waals surface area (Å²) in [5, 5.41) is 9.13. The summed E-state index contributed by atoms with van der Waals surface area (Å²) < 4.78 is 0. The van der Waals surface area contributed by atoms with E-state index in [1.165, 1.54) is 11.3 Å². The zero-order valence-corrected chi connectivity index (χ0v) is 9.98. The second-order valence-corrected chi connectivity index (χ2v) is 4.80. The first-order chi connectivity index (χ1) is 7.72. The number of hydrogen-bond acceptors (Lipinski definition) is 2. The van der Waals surface area contributed by atoms with Crippen LogP contribution in [0.5, 0.6) is 0 Å². The fourth-order valence-electron chi connectivity index (χ4n) is 2.23. The molecule has 1 heterocycles. The molecule has 1 aromatic rings. The van der Waals surface area contributed by atoms with Crippen molar-refractivity contribution >= 4 is 5.69 Å². The number of anilines is 1. The molecule has 0 fully saturated rings. The van der Waals surface area contributed by atoms with Gasteiger partial charge in [0, 0.05) is 18.8 Å². The van der Waals surface area contributed by atoms with Crippen molar-refractivity contribution in [1.29, 1.82) is 5.26 Å². The standard InChI is InChI=1S/C14H18N2/c1-11(2)13(9-15)10-16-8-7-12-5-3-4-6-14(12)16/h3-6,11,13H,7-8,10H2,1-2H3. The van der Waals surface area contributed by atoms with Crippen LogP contribution in [0, 0.1) is 23.2 Å². The molecule has 1 aromatic carbocycles. The first kappa shape index (κ1) is 11.0. The van der Waals surface area contributed by atoms with Crippen LogP contribution in [0.1, 0.15) is 19.4 Å². The molecule has 0 aromatic heterocycles. The first-order valence-corrected chi connectivity index (χ1v) is 5.95. The van der Waals surface area contributed by atoms with Gasteiger partial charge in [-0.05, 0) is 24.0 Å². The predicted octanol–water partition coefficient (Wildman–Crippen LogP) is 2.84. The second-order valence-electron chi connectivity index (χ2n) is 4.80. The zero-order valence-electron chi connectivity index (χ0n) is 9.98. The Labute approximate surface area is 97.5 Å². The van der Waals surface area contributed by atoms with Gasteiger partial charge in [0.25, 0.3) is 0 Å². The van der Waals surface area contributed by atoms with Gasteiger partial charge >= 0.3 is 0 Å². The van der Waals surface area contributed by atoms with Gasteiger partial charge in [0.1, 0.15) is 0 Å². The van der Waals surface area contributed by atoms with E-state index in [0.29, 0.717) is 5.92 Å². The Morgan fingerprint density at radius 2 is 2.12 bits per heavy atom. The highest BCUT2D eigenvalue weighted by atomic mass is 15.1. The Kier molecular flexibility index (Phi) is 3.14. The first-order valence-electron chi connectivity index (χ1n) is 5.95. The number of para-hydroxylation sites is 1. The van der Waals surface area contributed by atoms with E-state index >= 15 is 0 Å². The lowest BCUT2D eigenvalue weighted by molar-refractivity contribution is 0.472. The lowest BCUT2D eigenvalue weighted by Crippen LogP contribution is -2.29. The summed E-state index contributed by atoms with van der Waals surface area (Å²) in [6, 6.07) is 10.9. The number of rotatable bonds is 3. The van der Waals surface area contributed by atoms with Crippen LogP contribution in [0.4, 0.5) is 5.69 Å². The van der Waals surface area contributed by atoms with Crippen LogP contribution >= 0.6 is 0 Å². The van der Waals surface area contributed by atoms with Crippen LogP contribution in [-0.4, -0.2) is 13.1 Å². The van der Waals surface area contributed by atoms with Crippen molar-refractivity contribution < 1.29 is 0 Å². The molecule has 1 aliphatic rings. The van der Waals surface area contributed by atoms with Crippen molar-refractivity contribution in [3.63, 3.8) is 0 Å². The second kappa shape index (κ2) is 4.57. The lowest BCUT2D eigenvalue weighted by Gasteiger charge is -2.24. The van der Waals surface area contributed by atoms with Crippen molar-refractivity contribution in [2.24, 2.45) is 11.8 Å². The van der Waals surface area contributed by atoms with Gasteiger partial charge in [-0.25, -0.2) is 0 Å². The molecule has 0 saturated carbocycles. The lowest BCUT2D eigenvalue weighted by atomic mass is 9.97. The molecule has 0 bridgehead atoms. The fraction of sp³-hybridized carbons (Fsp3) is 0.500. The zero-order chi connectivity index (χ0) is 11.5. The number of benzene rings is 1. The van der Waals surface area contributed by atoms with Crippen LogP contribution in [0.3, 0.4) is 0 Å². The molecular weight excluding hydrogens is 196 g/mol. The van der Waals surface area contributed by atoms with E-state index in [2.05, 4.69) is 49.1 Å². The Bertz CT molecular complexity index is 403. The molecule has 1 atom stereocenters. The Balaban J connectivity index is 2.11. The summed E-state index contributed by atoms with van der Waals surface area (Å²) in [6.07, 6.45) is 1.12. The number of nitrogens with zero attached hydrogens (tertiary/aromatic N) is 2. The predicted molar refractivity (Wildman–Crippen MR) is 66.3 cm³/mol. The van der Waals surface area contributed by atoms with E-state index in [9.17, 15) is 0 Å². The third-order valence-corrected chi connectivity index (χ3v) is 3.37. The highest BCUT2D eigenvalue weighted by Gasteiger charge is 2.22. The van der Waals surface area contributed by atoms with Crippen molar-refractivity contribution in [2.75, 3.05) is 18.0 Å². The third kappa shape index (κ3) is 2.04. The van der Waals surface area contributed by atoms with E-state index in [4.69, 9.17) is 5.26 Å². The van der Waals surface area contributed by atoms with Gasteiger partial charge in [-0.15, -0.1) is 0 Å². The maximum atomic E-state index is 9.13. The summed E-state index contributed by atoms with van der Waals surface area (Å²) >= 11 is 0. The molecule has 2 nitrogen and oxygen atoms in total. The number of nitriles is 1. The van der Waals surface area contributed by atoms with Gasteiger partial charge in [0.05, 0.1) is 12.0 Å². The summed E-state index contributed by atoms with van der Waals surface area (Å²) in [7, 11) is 0. The van der Waals surface area contributed by atoms with Gasteiger partial charge in [-0.3, -0.25) is 0 Å². The van der Waals surface area contributed by atoms with Crippen LogP contribution < -0.4 is 4.90 Å². The average Bonchev–Trinajstić information content (AvgIpc) is 2.69. The van der Waals surface area contributed by atoms with E-state index < -0.39 is 0 Å². The summed E-state index contributed by atoms with van der Waals surface area (Å²) in [6.45, 7) is 6.17. The summed E-state index contributed by atoms with van der Waals surface area (Å²) in [4.78, 5) is 2.35. The third-order valence-electron chi connectivity index (χ3n) is 3.37. The summed E-state index contributed by atoms with van der Waals surface area (Å²) in [5.41, 5.74) is 2.74. The van der Waals surface area contributed by atoms with E-state index in [1.54, 1.807) is 0 Å². The topological polar surface area (TPSA) is 27.0 Å². The molecule has 0 amide bonds. The van der Waals surface area contributed by atoms with Crippen molar-refractivity contribution in [3.05, 3.63) is 29.8 Å². The smallest absolute Gasteiger partial charge is 0.0677 e. The molecule has 0 N–H and O–H groups in total. The van der Waals surface area contributed by atoms with E-state index in [0.717, 1.165) is 19.5 Å². The SMILES string of the molecule is CC(C)C(C#N)CN1CCc2ccccc21.